The molecule has 2 aromatic carbocycles. The van der Waals surface area contributed by atoms with E-state index in [0.29, 0.717) is 12.1 Å². The van der Waals surface area contributed by atoms with Crippen LogP contribution >= 0.6 is 0 Å². The smallest absolute Gasteiger partial charge is 0.251 e. The molecule has 0 aliphatic heterocycles. The first-order valence-corrected chi connectivity index (χ1v) is 11.3. The van der Waals surface area contributed by atoms with Gasteiger partial charge in [-0.1, -0.05) is 42.0 Å². The second kappa shape index (κ2) is 10.1. The monoisotopic (exact) mass is 435 g/mol. The van der Waals surface area contributed by atoms with Gasteiger partial charge in [-0.3, -0.25) is 9.78 Å². The minimum Gasteiger partial charge on any atom is -0.346 e. The maximum absolute atomic E-state index is 13.0. The molecular formula is C24H25N3O3S. The molecule has 1 heterocycles. The van der Waals surface area contributed by atoms with Crippen molar-refractivity contribution in [2.75, 3.05) is 6.54 Å². The molecule has 3 rings (SSSR count). The van der Waals surface area contributed by atoms with Crippen LogP contribution in [-0.4, -0.2) is 30.2 Å². The Morgan fingerprint density at radius 3 is 2.39 bits per heavy atom. The highest BCUT2D eigenvalue weighted by molar-refractivity contribution is 7.89. The van der Waals surface area contributed by atoms with Crippen molar-refractivity contribution < 1.29 is 13.2 Å². The van der Waals surface area contributed by atoms with Crippen LogP contribution in [0.15, 0.2) is 90.5 Å². The van der Waals surface area contributed by atoms with Crippen molar-refractivity contribution in [2.24, 2.45) is 0 Å². The maximum Gasteiger partial charge on any atom is 0.251 e. The molecule has 1 amide bonds. The van der Waals surface area contributed by atoms with E-state index in [2.05, 4.69) is 16.9 Å². The van der Waals surface area contributed by atoms with Gasteiger partial charge in [0.25, 0.3) is 5.91 Å². The molecule has 0 aliphatic carbocycles. The number of hydrogen-bond donors (Lipinski definition) is 1. The normalized spacial score (nSPS) is 11.3. The Labute approximate surface area is 183 Å². The third kappa shape index (κ3) is 5.87. The molecule has 0 aliphatic rings. The molecule has 0 spiro atoms. The van der Waals surface area contributed by atoms with Crippen molar-refractivity contribution in [1.82, 2.24) is 14.6 Å². The van der Waals surface area contributed by atoms with Crippen molar-refractivity contribution in [3.63, 3.8) is 0 Å². The van der Waals surface area contributed by atoms with Gasteiger partial charge < -0.3 is 5.32 Å². The fourth-order valence-corrected chi connectivity index (χ4v) is 4.39. The number of sulfonamides is 1. The van der Waals surface area contributed by atoms with Crippen LogP contribution in [0.1, 0.15) is 27.2 Å². The average molecular weight is 436 g/mol. The Kier molecular flexibility index (Phi) is 7.33. The van der Waals surface area contributed by atoms with Gasteiger partial charge in [0.1, 0.15) is 0 Å². The molecule has 0 radical (unpaired) electrons. The lowest BCUT2D eigenvalue weighted by atomic mass is 10.1. The lowest BCUT2D eigenvalue weighted by molar-refractivity contribution is 0.0950. The number of amides is 1. The molecule has 31 heavy (non-hydrogen) atoms. The highest BCUT2D eigenvalue weighted by Gasteiger charge is 2.23. The summed E-state index contributed by atoms with van der Waals surface area (Å²) in [5.74, 6) is -0.215. The van der Waals surface area contributed by atoms with Crippen LogP contribution in [0.5, 0.6) is 0 Å². The molecule has 1 aromatic heterocycles. The lowest BCUT2D eigenvalue weighted by Gasteiger charge is -2.21. The Bertz CT molecular complexity index is 1130. The standard InChI is InChI=1S/C24H25N3O3S/c1-3-16-27(31(29,30)23-13-7-19(2)8-14-23)18-20-9-11-21(12-10-20)24(28)26-17-22-6-4-5-15-25-22/h3-15H,1,16-18H2,2H3,(H,26,28). The van der Waals surface area contributed by atoms with Gasteiger partial charge in [-0.25, -0.2) is 8.42 Å². The summed E-state index contributed by atoms with van der Waals surface area (Å²) in [7, 11) is -3.67. The summed E-state index contributed by atoms with van der Waals surface area (Å²) in [6.07, 6.45) is 3.24. The summed E-state index contributed by atoms with van der Waals surface area (Å²) in [5, 5.41) is 2.83. The average Bonchev–Trinajstić information content (AvgIpc) is 2.78. The molecule has 0 bridgehead atoms. The Hall–Kier alpha value is -3.29. The summed E-state index contributed by atoms with van der Waals surface area (Å²) >= 11 is 0. The molecule has 0 saturated heterocycles. The molecule has 0 unspecified atom stereocenters. The quantitative estimate of drug-likeness (QED) is 0.520. The maximum atomic E-state index is 13.0. The molecule has 6 nitrogen and oxygen atoms in total. The molecule has 7 heteroatoms. The third-order valence-electron chi connectivity index (χ3n) is 4.72. The molecule has 0 fully saturated rings. The number of benzene rings is 2. The van der Waals surface area contributed by atoms with Gasteiger partial charge in [0, 0.05) is 24.8 Å². The number of rotatable bonds is 9. The first-order valence-electron chi connectivity index (χ1n) is 9.85. The van der Waals surface area contributed by atoms with Crippen LogP contribution in [-0.2, 0) is 23.1 Å². The van der Waals surface area contributed by atoms with Gasteiger partial charge in [0.2, 0.25) is 10.0 Å². The third-order valence-corrected chi connectivity index (χ3v) is 6.55. The molecule has 3 aromatic rings. The highest BCUT2D eigenvalue weighted by Crippen LogP contribution is 2.19. The predicted molar refractivity (Wildman–Crippen MR) is 121 cm³/mol. The van der Waals surface area contributed by atoms with E-state index < -0.39 is 10.0 Å². The van der Waals surface area contributed by atoms with E-state index in [-0.39, 0.29) is 23.9 Å². The zero-order chi connectivity index (χ0) is 22.3. The second-order valence-corrected chi connectivity index (χ2v) is 9.04. The zero-order valence-electron chi connectivity index (χ0n) is 17.4. The van der Waals surface area contributed by atoms with E-state index in [4.69, 9.17) is 0 Å². The van der Waals surface area contributed by atoms with Crippen molar-refractivity contribution in [2.45, 2.75) is 24.9 Å². The Balaban J connectivity index is 1.69. The first kappa shape index (κ1) is 22.4. The van der Waals surface area contributed by atoms with Crippen LogP contribution in [0.2, 0.25) is 0 Å². The minimum absolute atomic E-state index is 0.179. The lowest BCUT2D eigenvalue weighted by Crippen LogP contribution is -2.31. The van der Waals surface area contributed by atoms with Gasteiger partial charge in [-0.2, -0.15) is 4.31 Å². The van der Waals surface area contributed by atoms with E-state index >= 15 is 0 Å². The summed E-state index contributed by atoms with van der Waals surface area (Å²) in [6, 6.07) is 19.2. The Morgan fingerprint density at radius 2 is 1.77 bits per heavy atom. The summed E-state index contributed by atoms with van der Waals surface area (Å²) in [5.41, 5.74) is 3.04. The summed E-state index contributed by atoms with van der Waals surface area (Å²) in [6.45, 7) is 6.29. The number of carbonyl (C=O) groups is 1. The molecule has 1 N–H and O–H groups in total. The second-order valence-electron chi connectivity index (χ2n) is 7.10. The van der Waals surface area contributed by atoms with E-state index in [9.17, 15) is 13.2 Å². The fraction of sp³-hybridized carbons (Fsp3) is 0.167. The number of nitrogens with zero attached hydrogens (tertiary/aromatic N) is 2. The summed E-state index contributed by atoms with van der Waals surface area (Å²) < 4.78 is 27.4. The number of hydrogen-bond acceptors (Lipinski definition) is 4. The predicted octanol–water partition coefficient (Wildman–Crippen LogP) is 3.70. The number of carbonyl (C=O) groups excluding carboxylic acids is 1. The molecule has 160 valence electrons. The van der Waals surface area contributed by atoms with Gasteiger partial charge in [0.15, 0.2) is 0 Å². The van der Waals surface area contributed by atoms with Gasteiger partial charge >= 0.3 is 0 Å². The van der Waals surface area contributed by atoms with Gasteiger partial charge in [-0.15, -0.1) is 6.58 Å². The topological polar surface area (TPSA) is 79.4 Å². The van der Waals surface area contributed by atoms with Gasteiger partial charge in [-0.05, 0) is 48.9 Å². The minimum atomic E-state index is -3.67. The summed E-state index contributed by atoms with van der Waals surface area (Å²) in [4.78, 5) is 16.8. The molecule has 0 atom stereocenters. The largest absolute Gasteiger partial charge is 0.346 e. The van der Waals surface area contributed by atoms with Crippen molar-refractivity contribution >= 4 is 15.9 Å². The van der Waals surface area contributed by atoms with Crippen molar-refractivity contribution in [3.05, 3.63) is 108 Å². The SMILES string of the molecule is C=CCN(Cc1ccc(C(=O)NCc2ccccn2)cc1)S(=O)(=O)c1ccc(C)cc1. The van der Waals surface area contributed by atoms with Crippen LogP contribution in [0.4, 0.5) is 0 Å². The van der Waals surface area contributed by atoms with Crippen LogP contribution in [0.25, 0.3) is 0 Å². The fourth-order valence-electron chi connectivity index (χ4n) is 2.99. The van der Waals surface area contributed by atoms with E-state index in [1.807, 2.05) is 25.1 Å². The van der Waals surface area contributed by atoms with E-state index in [1.54, 1.807) is 60.8 Å². The van der Waals surface area contributed by atoms with Gasteiger partial charge in [0.05, 0.1) is 17.1 Å². The van der Waals surface area contributed by atoms with Crippen molar-refractivity contribution in [1.29, 1.82) is 0 Å². The highest BCUT2D eigenvalue weighted by atomic mass is 32.2. The van der Waals surface area contributed by atoms with E-state index in [1.165, 1.54) is 4.31 Å². The van der Waals surface area contributed by atoms with Crippen molar-refractivity contribution in [3.8, 4) is 0 Å². The first-order chi connectivity index (χ1) is 14.9. The number of aromatic nitrogens is 1. The van der Waals surface area contributed by atoms with Crippen LogP contribution in [0.3, 0.4) is 0 Å². The molecule has 0 saturated carbocycles. The number of nitrogens with one attached hydrogen (secondary N) is 1. The zero-order valence-corrected chi connectivity index (χ0v) is 18.2. The molecular weight excluding hydrogens is 410 g/mol. The van der Waals surface area contributed by atoms with Crippen LogP contribution in [0, 0.1) is 6.92 Å². The van der Waals surface area contributed by atoms with E-state index in [0.717, 1.165) is 16.8 Å². The van der Waals surface area contributed by atoms with Crippen LogP contribution < -0.4 is 5.32 Å². The Morgan fingerprint density at radius 1 is 1.06 bits per heavy atom. The number of aryl methyl sites for hydroxylation is 1. The number of pyridine rings is 1.